The normalized spacial score (nSPS) is 10.3. The molecular weight excluding hydrogens is 344 g/mol. The van der Waals surface area contributed by atoms with Gasteiger partial charge >= 0.3 is 6.03 Å². The van der Waals surface area contributed by atoms with E-state index in [9.17, 15) is 4.79 Å². The summed E-state index contributed by atoms with van der Waals surface area (Å²) >= 11 is 9.10. The molecule has 0 saturated heterocycles. The van der Waals surface area contributed by atoms with E-state index in [1.165, 1.54) is 0 Å². The van der Waals surface area contributed by atoms with Gasteiger partial charge in [-0.15, -0.1) is 0 Å². The second-order valence-electron chi connectivity index (χ2n) is 4.16. The van der Waals surface area contributed by atoms with Gasteiger partial charge in [0.2, 0.25) is 0 Å². The molecule has 0 aliphatic heterocycles. The molecule has 0 bridgehead atoms. The van der Waals surface area contributed by atoms with Gasteiger partial charge in [0, 0.05) is 30.0 Å². The lowest BCUT2D eigenvalue weighted by Crippen LogP contribution is -2.30. The van der Waals surface area contributed by atoms with E-state index in [2.05, 4.69) is 31.7 Å². The molecule has 106 valence electrons. The molecule has 0 unspecified atom stereocenters. The Morgan fingerprint density at radius 3 is 2.75 bits per heavy atom. The highest BCUT2D eigenvalue weighted by Crippen LogP contribution is 2.13. The van der Waals surface area contributed by atoms with E-state index >= 15 is 0 Å². The molecule has 2 amide bonds. The Morgan fingerprint density at radius 2 is 2.10 bits per heavy atom. The van der Waals surface area contributed by atoms with Crippen molar-refractivity contribution in [3.05, 3.63) is 46.2 Å². The van der Waals surface area contributed by atoms with Crippen molar-refractivity contribution in [2.45, 2.75) is 13.0 Å². The molecule has 0 aliphatic rings. The van der Waals surface area contributed by atoms with Crippen LogP contribution in [0.2, 0.25) is 5.02 Å². The van der Waals surface area contributed by atoms with Crippen molar-refractivity contribution in [3.8, 4) is 0 Å². The van der Waals surface area contributed by atoms with Crippen LogP contribution in [-0.2, 0) is 6.54 Å². The molecule has 5 nitrogen and oxygen atoms in total. The van der Waals surface area contributed by atoms with E-state index in [0.717, 1.165) is 17.4 Å². The van der Waals surface area contributed by atoms with Crippen LogP contribution in [0.5, 0.6) is 0 Å². The maximum absolute atomic E-state index is 11.6. The lowest BCUT2D eigenvalue weighted by Gasteiger charge is -2.07. The lowest BCUT2D eigenvalue weighted by atomic mass is 10.3. The Morgan fingerprint density at radius 1 is 1.35 bits per heavy atom. The number of aromatic nitrogens is 2. The summed E-state index contributed by atoms with van der Waals surface area (Å²) in [4.78, 5) is 11.6. The van der Waals surface area contributed by atoms with Crippen LogP contribution in [0, 0.1) is 0 Å². The van der Waals surface area contributed by atoms with Crippen LogP contribution in [0.1, 0.15) is 6.42 Å². The van der Waals surface area contributed by atoms with Gasteiger partial charge in [0.1, 0.15) is 0 Å². The summed E-state index contributed by atoms with van der Waals surface area (Å²) in [6, 6.07) is 6.74. The third-order valence-electron chi connectivity index (χ3n) is 2.55. The molecule has 2 rings (SSSR count). The molecule has 7 heteroatoms. The lowest BCUT2D eigenvalue weighted by molar-refractivity contribution is 0.251. The number of anilines is 1. The van der Waals surface area contributed by atoms with Crippen LogP contribution in [0.15, 0.2) is 41.1 Å². The van der Waals surface area contributed by atoms with Crippen molar-refractivity contribution in [1.29, 1.82) is 0 Å². The first kappa shape index (κ1) is 14.9. The fourth-order valence-corrected chi connectivity index (χ4v) is 2.07. The molecule has 0 spiro atoms. The Balaban J connectivity index is 1.66. The first-order chi connectivity index (χ1) is 9.63. The highest BCUT2D eigenvalue weighted by molar-refractivity contribution is 9.10. The molecule has 1 aromatic carbocycles. The van der Waals surface area contributed by atoms with E-state index in [4.69, 9.17) is 11.6 Å². The SMILES string of the molecule is O=C(NCCCn1cc(Br)cn1)Nc1ccc(Cl)cc1. The van der Waals surface area contributed by atoms with Crippen molar-refractivity contribution in [2.24, 2.45) is 0 Å². The number of carbonyl (C=O) groups excluding carboxylic acids is 1. The van der Waals surface area contributed by atoms with E-state index in [0.29, 0.717) is 17.3 Å². The van der Waals surface area contributed by atoms with Crippen LogP contribution < -0.4 is 10.6 Å². The van der Waals surface area contributed by atoms with E-state index < -0.39 is 0 Å². The van der Waals surface area contributed by atoms with Crippen LogP contribution in [0.25, 0.3) is 0 Å². The molecule has 1 heterocycles. The van der Waals surface area contributed by atoms with Gasteiger partial charge < -0.3 is 10.6 Å². The molecule has 2 aromatic rings. The zero-order valence-corrected chi connectivity index (χ0v) is 13.0. The van der Waals surface area contributed by atoms with Gasteiger partial charge in [0.05, 0.1) is 10.7 Å². The van der Waals surface area contributed by atoms with Crippen molar-refractivity contribution < 1.29 is 4.79 Å². The minimum absolute atomic E-state index is 0.228. The molecule has 2 N–H and O–H groups in total. The third kappa shape index (κ3) is 4.86. The number of carbonyl (C=O) groups is 1. The highest BCUT2D eigenvalue weighted by atomic mass is 79.9. The van der Waals surface area contributed by atoms with Crippen molar-refractivity contribution in [1.82, 2.24) is 15.1 Å². The average molecular weight is 358 g/mol. The minimum atomic E-state index is -0.228. The largest absolute Gasteiger partial charge is 0.338 e. The molecule has 0 fully saturated rings. The first-order valence-electron chi connectivity index (χ1n) is 6.12. The van der Waals surface area contributed by atoms with E-state index in [-0.39, 0.29) is 6.03 Å². The monoisotopic (exact) mass is 356 g/mol. The van der Waals surface area contributed by atoms with Crippen molar-refractivity contribution >= 4 is 39.2 Å². The Hall–Kier alpha value is -1.53. The van der Waals surface area contributed by atoms with Gasteiger partial charge in [-0.25, -0.2) is 4.79 Å². The van der Waals surface area contributed by atoms with E-state index in [1.807, 2.05) is 10.9 Å². The second-order valence-corrected chi connectivity index (χ2v) is 5.52. The second kappa shape index (κ2) is 7.31. The van der Waals surface area contributed by atoms with Crippen LogP contribution in [0.4, 0.5) is 10.5 Å². The highest BCUT2D eigenvalue weighted by Gasteiger charge is 2.01. The Kier molecular flexibility index (Phi) is 5.43. The maximum atomic E-state index is 11.6. The number of urea groups is 1. The topological polar surface area (TPSA) is 59.0 Å². The predicted molar refractivity (Wildman–Crippen MR) is 83.0 cm³/mol. The number of benzene rings is 1. The van der Waals surface area contributed by atoms with Crippen molar-refractivity contribution in [2.75, 3.05) is 11.9 Å². The fourth-order valence-electron chi connectivity index (χ4n) is 1.61. The third-order valence-corrected chi connectivity index (χ3v) is 3.21. The number of aryl methyl sites for hydroxylation is 1. The van der Waals surface area contributed by atoms with Gasteiger partial charge in [-0.3, -0.25) is 4.68 Å². The van der Waals surface area contributed by atoms with Crippen LogP contribution >= 0.6 is 27.5 Å². The zero-order chi connectivity index (χ0) is 14.4. The number of hydrogen-bond acceptors (Lipinski definition) is 2. The molecule has 0 atom stereocenters. The first-order valence-corrected chi connectivity index (χ1v) is 7.29. The van der Waals surface area contributed by atoms with Gasteiger partial charge in [-0.1, -0.05) is 11.6 Å². The van der Waals surface area contributed by atoms with E-state index in [1.54, 1.807) is 30.5 Å². The molecular formula is C13H14BrClN4O. The number of hydrogen-bond donors (Lipinski definition) is 2. The minimum Gasteiger partial charge on any atom is -0.338 e. The summed E-state index contributed by atoms with van der Waals surface area (Å²) in [7, 11) is 0. The molecule has 0 aliphatic carbocycles. The zero-order valence-electron chi connectivity index (χ0n) is 10.6. The molecule has 0 saturated carbocycles. The van der Waals surface area contributed by atoms with Crippen molar-refractivity contribution in [3.63, 3.8) is 0 Å². The van der Waals surface area contributed by atoms with Gasteiger partial charge in [-0.05, 0) is 46.6 Å². The standard InChI is InChI=1S/C13H14BrClN4O/c14-10-8-17-19(9-10)7-1-6-16-13(20)18-12-4-2-11(15)3-5-12/h2-5,8-9H,1,6-7H2,(H2,16,18,20). The van der Waals surface area contributed by atoms with Gasteiger partial charge in [0.25, 0.3) is 0 Å². The predicted octanol–water partition coefficient (Wildman–Crippen LogP) is 3.51. The Bertz CT molecular complexity index is 570. The molecule has 20 heavy (non-hydrogen) atoms. The van der Waals surface area contributed by atoms with Gasteiger partial charge in [0.15, 0.2) is 0 Å². The number of nitrogens with one attached hydrogen (secondary N) is 2. The number of nitrogens with zero attached hydrogens (tertiary/aromatic N) is 2. The smallest absolute Gasteiger partial charge is 0.319 e. The summed E-state index contributed by atoms with van der Waals surface area (Å²) in [5, 5.41) is 10.3. The Labute approximate surface area is 130 Å². The summed E-state index contributed by atoms with van der Waals surface area (Å²) in [6.45, 7) is 1.34. The average Bonchev–Trinajstić information content (AvgIpc) is 2.83. The van der Waals surface area contributed by atoms with Crippen LogP contribution in [0.3, 0.4) is 0 Å². The molecule has 1 aromatic heterocycles. The molecule has 0 radical (unpaired) electrons. The number of halogens is 2. The summed E-state index contributed by atoms with van der Waals surface area (Å²) < 4.78 is 2.77. The summed E-state index contributed by atoms with van der Waals surface area (Å²) in [5.74, 6) is 0. The quantitative estimate of drug-likeness (QED) is 0.805. The number of amides is 2. The maximum Gasteiger partial charge on any atom is 0.319 e. The summed E-state index contributed by atoms with van der Waals surface area (Å²) in [6.07, 6.45) is 4.44. The number of rotatable bonds is 5. The van der Waals surface area contributed by atoms with Crippen LogP contribution in [-0.4, -0.2) is 22.4 Å². The summed E-state index contributed by atoms with van der Waals surface area (Å²) in [5.41, 5.74) is 0.711. The van der Waals surface area contributed by atoms with Gasteiger partial charge in [-0.2, -0.15) is 5.10 Å². The fraction of sp³-hybridized carbons (Fsp3) is 0.231.